The van der Waals surface area contributed by atoms with Gasteiger partial charge in [-0.3, -0.25) is 19.3 Å². The van der Waals surface area contributed by atoms with Crippen LogP contribution >= 0.6 is 0 Å². The summed E-state index contributed by atoms with van der Waals surface area (Å²) in [5.74, 6) is -0.600. The predicted octanol–water partition coefficient (Wildman–Crippen LogP) is 4.49. The summed E-state index contributed by atoms with van der Waals surface area (Å²) < 4.78 is 22.5. The number of nitrogens with zero attached hydrogens (tertiary/aromatic N) is 5. The van der Waals surface area contributed by atoms with Crippen LogP contribution in [-0.4, -0.2) is 68.6 Å². The van der Waals surface area contributed by atoms with E-state index in [1.807, 2.05) is 55.2 Å². The van der Waals surface area contributed by atoms with Crippen molar-refractivity contribution in [1.82, 2.24) is 25.1 Å². The van der Waals surface area contributed by atoms with E-state index in [0.29, 0.717) is 24.8 Å². The Labute approximate surface area is 266 Å². The average Bonchev–Trinajstić information content (AvgIpc) is 3.47. The van der Waals surface area contributed by atoms with Crippen LogP contribution in [0.4, 0.5) is 15.9 Å². The van der Waals surface area contributed by atoms with Gasteiger partial charge >= 0.3 is 0 Å². The maximum absolute atomic E-state index is 14.9. The van der Waals surface area contributed by atoms with Gasteiger partial charge in [-0.25, -0.2) is 9.37 Å². The molecule has 0 unspecified atom stereocenters. The first kappa shape index (κ1) is 28.8. The number of ether oxygens (including phenoxy) is 1. The van der Waals surface area contributed by atoms with Crippen LogP contribution < -0.4 is 15.5 Å². The topological polar surface area (TPSA) is 114 Å². The summed E-state index contributed by atoms with van der Waals surface area (Å²) >= 11 is 0. The molecule has 2 bridgehead atoms. The zero-order valence-electron chi connectivity index (χ0n) is 25.9. The summed E-state index contributed by atoms with van der Waals surface area (Å²) in [6.45, 7) is 3.52. The number of anilines is 2. The Balaban J connectivity index is 1.06. The van der Waals surface area contributed by atoms with Crippen LogP contribution in [0.25, 0.3) is 22.5 Å². The van der Waals surface area contributed by atoms with Gasteiger partial charge in [0, 0.05) is 36.3 Å². The standard InChI is InChI=1S/C35H36FN7O3/c1-20-15-38-42(2)32(20)22-5-8-24(9-6-22)39-33(44)31(41-34(45)35(36)11-12-35)27-10-7-21-3-4-23(13-28(21)27)29-16-37-17-30(40-29)43-18-26-14-25(43)19-46-26/h3-6,8-9,13,15-17,25-27,31H,7,10-12,14,18-19H2,1-2H3,(H,39,44)(H,41,45)/t25-,26-,27+,31-/m0/s1. The van der Waals surface area contributed by atoms with E-state index >= 15 is 0 Å². The highest BCUT2D eigenvalue weighted by atomic mass is 19.1. The van der Waals surface area contributed by atoms with Gasteiger partial charge < -0.3 is 20.3 Å². The fraction of sp³-hybridized carbons (Fsp3) is 0.400. The molecule has 2 aliphatic carbocycles. The van der Waals surface area contributed by atoms with Gasteiger partial charge in [-0.1, -0.05) is 24.3 Å². The number of aromatic nitrogens is 4. The monoisotopic (exact) mass is 621 g/mol. The van der Waals surface area contributed by atoms with Crippen molar-refractivity contribution in [1.29, 1.82) is 0 Å². The Morgan fingerprint density at radius 2 is 1.89 bits per heavy atom. The number of carbonyl (C=O) groups excluding carboxylic acids is 2. The number of amides is 2. The summed E-state index contributed by atoms with van der Waals surface area (Å²) in [6.07, 6.45) is 8.37. The lowest BCUT2D eigenvalue weighted by atomic mass is 9.90. The second-order valence-electron chi connectivity index (χ2n) is 13.1. The largest absolute Gasteiger partial charge is 0.374 e. The molecular weight excluding hydrogens is 585 g/mol. The molecule has 4 aliphatic rings. The smallest absolute Gasteiger partial charge is 0.258 e. The maximum atomic E-state index is 14.9. The van der Waals surface area contributed by atoms with Crippen molar-refractivity contribution in [3.63, 3.8) is 0 Å². The molecule has 11 heteroatoms. The van der Waals surface area contributed by atoms with E-state index in [-0.39, 0.29) is 30.8 Å². The molecule has 10 nitrogen and oxygen atoms in total. The lowest BCUT2D eigenvalue weighted by Gasteiger charge is -2.28. The van der Waals surface area contributed by atoms with Crippen molar-refractivity contribution in [2.75, 3.05) is 23.4 Å². The molecule has 2 aromatic carbocycles. The maximum Gasteiger partial charge on any atom is 0.258 e. The number of fused-ring (bicyclic) bond motifs is 3. The Morgan fingerprint density at radius 1 is 1.09 bits per heavy atom. The molecule has 0 spiro atoms. The summed E-state index contributed by atoms with van der Waals surface area (Å²) in [5, 5.41) is 10.1. The highest BCUT2D eigenvalue weighted by Gasteiger charge is 2.52. The summed E-state index contributed by atoms with van der Waals surface area (Å²) in [5.41, 5.74) is 5.41. The van der Waals surface area contributed by atoms with Gasteiger partial charge in [0.25, 0.3) is 5.91 Å². The molecule has 2 aromatic heterocycles. The highest BCUT2D eigenvalue weighted by Crippen LogP contribution is 2.42. The number of aryl methyl sites for hydroxylation is 3. The minimum atomic E-state index is -1.90. The third kappa shape index (κ3) is 5.12. The SMILES string of the molecule is Cc1cnn(C)c1-c1ccc(NC(=O)[C@@H](NC(=O)C2(F)CC2)[C@@H]2CCc3ccc(-c4cncc(N5C[C@@H]6C[C@H]5CO6)n4)cc32)cc1. The first-order chi connectivity index (χ1) is 22.3. The van der Waals surface area contributed by atoms with E-state index in [9.17, 15) is 14.0 Å². The van der Waals surface area contributed by atoms with Crippen LogP contribution in [0.2, 0.25) is 0 Å². The van der Waals surface area contributed by atoms with Gasteiger partial charge in [0.1, 0.15) is 11.9 Å². The number of rotatable bonds is 8. The molecule has 1 saturated carbocycles. The van der Waals surface area contributed by atoms with Crippen molar-refractivity contribution in [2.45, 2.75) is 68.8 Å². The van der Waals surface area contributed by atoms with Gasteiger partial charge in [-0.05, 0) is 73.9 Å². The van der Waals surface area contributed by atoms with Crippen LogP contribution in [0.1, 0.15) is 48.3 Å². The molecule has 4 heterocycles. The molecule has 0 radical (unpaired) electrons. The van der Waals surface area contributed by atoms with Gasteiger partial charge in [0.15, 0.2) is 5.67 Å². The highest BCUT2D eigenvalue weighted by molar-refractivity contribution is 6.00. The van der Waals surface area contributed by atoms with Gasteiger partial charge in [-0.2, -0.15) is 5.10 Å². The molecule has 236 valence electrons. The summed E-state index contributed by atoms with van der Waals surface area (Å²) in [7, 11) is 1.89. The van der Waals surface area contributed by atoms with Gasteiger partial charge in [-0.15, -0.1) is 0 Å². The minimum absolute atomic E-state index is 0.174. The van der Waals surface area contributed by atoms with Gasteiger partial charge in [0.05, 0.1) is 48.7 Å². The third-order valence-corrected chi connectivity index (χ3v) is 10.00. The second-order valence-corrected chi connectivity index (χ2v) is 13.1. The van der Waals surface area contributed by atoms with Crippen LogP contribution in [0.15, 0.2) is 61.1 Å². The second kappa shape index (κ2) is 11.0. The molecule has 4 aromatic rings. The number of carbonyl (C=O) groups is 2. The number of nitrogens with one attached hydrogen (secondary N) is 2. The summed E-state index contributed by atoms with van der Waals surface area (Å²) in [4.78, 5) is 38.7. The van der Waals surface area contributed by atoms with E-state index in [1.165, 1.54) is 0 Å². The Hall–Kier alpha value is -4.64. The molecule has 46 heavy (non-hydrogen) atoms. The van der Waals surface area contributed by atoms with Crippen LogP contribution in [0, 0.1) is 6.92 Å². The number of hydrogen-bond donors (Lipinski definition) is 2. The lowest BCUT2D eigenvalue weighted by molar-refractivity contribution is -0.131. The molecule has 8 rings (SSSR count). The Morgan fingerprint density at radius 3 is 2.59 bits per heavy atom. The van der Waals surface area contributed by atoms with E-state index in [1.54, 1.807) is 12.4 Å². The first-order valence-corrected chi connectivity index (χ1v) is 16.0. The first-order valence-electron chi connectivity index (χ1n) is 16.0. The van der Waals surface area contributed by atoms with Gasteiger partial charge in [0.2, 0.25) is 5.91 Å². The van der Waals surface area contributed by atoms with Crippen LogP contribution in [0.3, 0.4) is 0 Å². The zero-order chi connectivity index (χ0) is 31.6. The third-order valence-electron chi connectivity index (χ3n) is 10.00. The molecule has 2 amide bonds. The fourth-order valence-electron chi connectivity index (χ4n) is 7.30. The molecule has 2 aliphatic heterocycles. The fourth-order valence-corrected chi connectivity index (χ4v) is 7.30. The number of hydrogen-bond acceptors (Lipinski definition) is 7. The van der Waals surface area contributed by atoms with Crippen molar-refractivity contribution in [2.24, 2.45) is 7.05 Å². The lowest BCUT2D eigenvalue weighted by Crippen LogP contribution is -2.50. The molecule has 4 atom stereocenters. The van der Waals surface area contributed by atoms with Crippen LogP contribution in [-0.2, 0) is 27.8 Å². The minimum Gasteiger partial charge on any atom is -0.374 e. The quantitative estimate of drug-likeness (QED) is 0.298. The van der Waals surface area contributed by atoms with Crippen LogP contribution in [0.5, 0.6) is 0 Å². The number of halogens is 1. The van der Waals surface area contributed by atoms with Crippen molar-refractivity contribution < 1.29 is 18.7 Å². The number of alkyl halides is 1. The van der Waals surface area contributed by atoms with Crippen molar-refractivity contribution >= 4 is 23.3 Å². The summed E-state index contributed by atoms with van der Waals surface area (Å²) in [6, 6.07) is 13.1. The zero-order valence-corrected chi connectivity index (χ0v) is 25.9. The number of morpholine rings is 1. The molecule has 2 saturated heterocycles. The molecule has 2 N–H and O–H groups in total. The Kier molecular flexibility index (Phi) is 6.89. The van der Waals surface area contributed by atoms with Crippen molar-refractivity contribution in [3.8, 4) is 22.5 Å². The van der Waals surface area contributed by atoms with E-state index < -0.39 is 17.6 Å². The molecule has 3 fully saturated rings. The number of benzene rings is 2. The average molecular weight is 622 g/mol. The van der Waals surface area contributed by atoms with Crippen molar-refractivity contribution in [3.05, 3.63) is 77.7 Å². The van der Waals surface area contributed by atoms with E-state index in [4.69, 9.17) is 9.72 Å². The normalized spacial score (nSPS) is 22.8. The Bertz CT molecular complexity index is 1820. The predicted molar refractivity (Wildman–Crippen MR) is 171 cm³/mol. The van der Waals surface area contributed by atoms with E-state index in [0.717, 1.165) is 64.4 Å². The van der Waals surface area contributed by atoms with E-state index in [2.05, 4.69) is 37.7 Å². The molecular formula is C35H36FN7O3.